The van der Waals surface area contributed by atoms with Gasteiger partial charge in [-0.1, -0.05) is 17.7 Å². The molecule has 2 aromatic heterocycles. The summed E-state index contributed by atoms with van der Waals surface area (Å²) in [7, 11) is 0. The topological polar surface area (TPSA) is 40.9 Å². The third-order valence-electron chi connectivity index (χ3n) is 4.70. The standard InChI is InChI=1S/C20H21ClN4OS/c21-16-4-6-18(7-5-16)27-15-20(26)24-11-9-23(10-12-24)13-17-14-25-8-2-1-3-19(25)22-17/h1-8,14H,9-13,15H2. The molecule has 0 spiro atoms. The van der Waals surface area contributed by atoms with Crippen molar-refractivity contribution in [2.45, 2.75) is 11.4 Å². The molecule has 1 aliphatic heterocycles. The largest absolute Gasteiger partial charge is 0.339 e. The molecule has 0 unspecified atom stereocenters. The van der Waals surface area contributed by atoms with Crippen LogP contribution in [0.2, 0.25) is 5.02 Å². The quantitative estimate of drug-likeness (QED) is 0.615. The van der Waals surface area contributed by atoms with Crippen LogP contribution < -0.4 is 0 Å². The second kappa shape index (κ2) is 8.33. The Balaban J connectivity index is 1.25. The van der Waals surface area contributed by atoms with Gasteiger partial charge < -0.3 is 9.30 Å². The Hall–Kier alpha value is -2.02. The van der Waals surface area contributed by atoms with Gasteiger partial charge in [-0.25, -0.2) is 4.98 Å². The maximum Gasteiger partial charge on any atom is 0.233 e. The van der Waals surface area contributed by atoms with E-state index in [0.29, 0.717) is 10.8 Å². The van der Waals surface area contributed by atoms with E-state index in [9.17, 15) is 4.79 Å². The van der Waals surface area contributed by atoms with Gasteiger partial charge in [0.25, 0.3) is 0 Å². The van der Waals surface area contributed by atoms with Gasteiger partial charge in [0.05, 0.1) is 11.4 Å². The first-order chi connectivity index (χ1) is 13.2. The van der Waals surface area contributed by atoms with Crippen LogP contribution in [0.1, 0.15) is 5.69 Å². The summed E-state index contributed by atoms with van der Waals surface area (Å²) in [6.07, 6.45) is 4.09. The van der Waals surface area contributed by atoms with Crippen molar-refractivity contribution in [1.29, 1.82) is 0 Å². The second-order valence-electron chi connectivity index (χ2n) is 6.60. The molecule has 5 nitrogen and oxygen atoms in total. The number of pyridine rings is 1. The van der Waals surface area contributed by atoms with Crippen molar-refractivity contribution in [1.82, 2.24) is 19.2 Å². The normalized spacial score (nSPS) is 15.4. The summed E-state index contributed by atoms with van der Waals surface area (Å²) in [4.78, 5) is 22.5. The van der Waals surface area contributed by atoms with Crippen molar-refractivity contribution < 1.29 is 4.79 Å². The lowest BCUT2D eigenvalue weighted by Gasteiger charge is -2.34. The van der Waals surface area contributed by atoms with Gasteiger partial charge in [-0.2, -0.15) is 0 Å². The summed E-state index contributed by atoms with van der Waals surface area (Å²) in [5.41, 5.74) is 2.04. The number of hydrogen-bond donors (Lipinski definition) is 0. The van der Waals surface area contributed by atoms with Crippen molar-refractivity contribution in [3.8, 4) is 0 Å². The molecule has 1 aliphatic rings. The Bertz CT molecular complexity index is 886. The molecule has 3 aromatic rings. The van der Waals surface area contributed by atoms with Crippen LogP contribution >= 0.6 is 23.4 Å². The van der Waals surface area contributed by atoms with Crippen LogP contribution in [-0.2, 0) is 11.3 Å². The van der Waals surface area contributed by atoms with Crippen molar-refractivity contribution in [3.63, 3.8) is 0 Å². The number of nitrogens with zero attached hydrogens (tertiary/aromatic N) is 4. The molecule has 0 bridgehead atoms. The van der Waals surface area contributed by atoms with Crippen LogP contribution in [-0.4, -0.2) is 57.0 Å². The van der Waals surface area contributed by atoms with Crippen molar-refractivity contribution >= 4 is 34.9 Å². The first kappa shape index (κ1) is 18.3. The molecule has 0 N–H and O–H groups in total. The van der Waals surface area contributed by atoms with Gasteiger partial charge in [-0.15, -0.1) is 11.8 Å². The molecule has 1 saturated heterocycles. The predicted molar refractivity (Wildman–Crippen MR) is 109 cm³/mol. The molecule has 0 saturated carbocycles. The van der Waals surface area contributed by atoms with Crippen LogP contribution in [0.5, 0.6) is 0 Å². The lowest BCUT2D eigenvalue weighted by Crippen LogP contribution is -2.48. The first-order valence-electron chi connectivity index (χ1n) is 8.98. The summed E-state index contributed by atoms with van der Waals surface area (Å²) >= 11 is 7.46. The van der Waals surface area contributed by atoms with Crippen LogP contribution in [0.4, 0.5) is 0 Å². The molecule has 140 valence electrons. The highest BCUT2D eigenvalue weighted by molar-refractivity contribution is 8.00. The third kappa shape index (κ3) is 4.64. The van der Waals surface area contributed by atoms with Crippen LogP contribution in [0.25, 0.3) is 5.65 Å². The maximum absolute atomic E-state index is 12.5. The smallest absolute Gasteiger partial charge is 0.233 e. The van der Waals surface area contributed by atoms with E-state index in [0.717, 1.165) is 49.0 Å². The van der Waals surface area contributed by atoms with Gasteiger partial charge in [0.1, 0.15) is 5.65 Å². The monoisotopic (exact) mass is 400 g/mol. The molecule has 1 amide bonds. The first-order valence-corrected chi connectivity index (χ1v) is 10.3. The summed E-state index contributed by atoms with van der Waals surface area (Å²) in [6.45, 7) is 4.13. The van der Waals surface area contributed by atoms with E-state index in [1.165, 1.54) is 0 Å². The highest BCUT2D eigenvalue weighted by Crippen LogP contribution is 2.21. The van der Waals surface area contributed by atoms with Gasteiger partial charge in [-0.3, -0.25) is 9.69 Å². The minimum Gasteiger partial charge on any atom is -0.339 e. The molecular weight excluding hydrogens is 380 g/mol. The number of hydrogen-bond acceptors (Lipinski definition) is 4. The van der Waals surface area contributed by atoms with Gasteiger partial charge in [0.2, 0.25) is 5.91 Å². The molecule has 1 fully saturated rings. The van der Waals surface area contributed by atoms with Gasteiger partial charge >= 0.3 is 0 Å². The highest BCUT2D eigenvalue weighted by atomic mass is 35.5. The predicted octanol–water partition coefficient (Wildman–Crippen LogP) is 3.42. The van der Waals surface area contributed by atoms with Crippen LogP contribution in [0.15, 0.2) is 59.8 Å². The average molecular weight is 401 g/mol. The van der Waals surface area contributed by atoms with E-state index >= 15 is 0 Å². The number of carbonyl (C=O) groups excluding carboxylic acids is 1. The van der Waals surface area contributed by atoms with Crippen molar-refractivity contribution in [3.05, 3.63) is 65.6 Å². The lowest BCUT2D eigenvalue weighted by molar-refractivity contribution is -0.130. The number of rotatable bonds is 5. The van der Waals surface area contributed by atoms with E-state index in [1.54, 1.807) is 11.8 Å². The fourth-order valence-electron chi connectivity index (χ4n) is 3.22. The van der Waals surface area contributed by atoms with E-state index in [-0.39, 0.29) is 5.91 Å². The van der Waals surface area contributed by atoms with Crippen molar-refractivity contribution in [2.24, 2.45) is 0 Å². The van der Waals surface area contributed by atoms with E-state index in [2.05, 4.69) is 16.1 Å². The SMILES string of the molecule is O=C(CSc1ccc(Cl)cc1)N1CCN(Cc2cn3ccccc3n2)CC1. The number of aromatic nitrogens is 2. The molecule has 0 radical (unpaired) electrons. The summed E-state index contributed by atoms with van der Waals surface area (Å²) in [5.74, 6) is 0.663. The molecular formula is C20H21ClN4OS. The number of halogens is 1. The summed E-state index contributed by atoms with van der Waals surface area (Å²) in [6, 6.07) is 13.6. The fraction of sp³-hybridized carbons (Fsp3) is 0.300. The Labute approximate surface area is 167 Å². The number of amides is 1. The van der Waals surface area contributed by atoms with Gasteiger partial charge in [0.15, 0.2) is 0 Å². The van der Waals surface area contributed by atoms with Gasteiger partial charge in [0, 0.05) is 55.0 Å². The summed E-state index contributed by atoms with van der Waals surface area (Å²) < 4.78 is 2.04. The molecule has 27 heavy (non-hydrogen) atoms. The molecule has 0 aliphatic carbocycles. The maximum atomic E-state index is 12.5. The Morgan fingerprint density at radius 2 is 1.85 bits per heavy atom. The minimum atomic E-state index is 0.197. The lowest BCUT2D eigenvalue weighted by atomic mass is 10.3. The zero-order valence-corrected chi connectivity index (χ0v) is 16.5. The average Bonchev–Trinajstić information content (AvgIpc) is 3.10. The molecule has 7 heteroatoms. The van der Waals surface area contributed by atoms with Crippen LogP contribution in [0, 0.1) is 0 Å². The van der Waals surface area contributed by atoms with E-state index in [4.69, 9.17) is 11.6 Å². The summed E-state index contributed by atoms with van der Waals surface area (Å²) in [5, 5.41) is 0.715. The zero-order valence-electron chi connectivity index (χ0n) is 14.9. The third-order valence-corrected chi connectivity index (χ3v) is 5.95. The zero-order chi connectivity index (χ0) is 18.6. The number of benzene rings is 1. The molecule has 4 rings (SSSR count). The van der Waals surface area contributed by atoms with E-state index < -0.39 is 0 Å². The molecule has 0 atom stereocenters. The Morgan fingerprint density at radius 3 is 2.59 bits per heavy atom. The Kier molecular flexibility index (Phi) is 5.66. The molecule has 3 heterocycles. The number of carbonyl (C=O) groups is 1. The number of piperazine rings is 1. The van der Waals surface area contributed by atoms with Gasteiger partial charge in [-0.05, 0) is 36.4 Å². The number of imidazole rings is 1. The number of thioether (sulfide) groups is 1. The number of fused-ring (bicyclic) bond motifs is 1. The van der Waals surface area contributed by atoms with Crippen molar-refractivity contribution in [2.75, 3.05) is 31.9 Å². The molecule has 1 aromatic carbocycles. The minimum absolute atomic E-state index is 0.197. The fourth-order valence-corrected chi connectivity index (χ4v) is 4.14. The Morgan fingerprint density at radius 1 is 1.07 bits per heavy atom. The highest BCUT2D eigenvalue weighted by Gasteiger charge is 2.21. The van der Waals surface area contributed by atoms with Crippen LogP contribution in [0.3, 0.4) is 0 Å². The van der Waals surface area contributed by atoms with E-state index in [1.807, 2.05) is 58.0 Å². The second-order valence-corrected chi connectivity index (χ2v) is 8.08.